The summed E-state index contributed by atoms with van der Waals surface area (Å²) in [5, 5.41) is 0. The predicted octanol–water partition coefficient (Wildman–Crippen LogP) is 5.34. The molecule has 2 bridgehead atoms. The Bertz CT molecular complexity index is 253. The van der Waals surface area contributed by atoms with Crippen LogP contribution in [0, 0.1) is 16.7 Å². The molecule has 3 fully saturated rings. The van der Waals surface area contributed by atoms with Crippen molar-refractivity contribution in [2.45, 2.75) is 50.9 Å². The molecule has 0 saturated carbocycles. The molecule has 0 aromatic rings. The highest BCUT2D eigenvalue weighted by atomic mass is 32.3. The molecule has 0 aromatic heterocycles. The normalized spacial score (nSPS) is 37.8. The predicted molar refractivity (Wildman–Crippen MR) is 86.1 cm³/mol. The number of hydrogen-bond donors (Lipinski definition) is 0. The van der Waals surface area contributed by atoms with Crippen molar-refractivity contribution in [3.8, 4) is 0 Å². The average molecular weight is 291 g/mol. The molecular formula is C14H26S3. The maximum absolute atomic E-state index is 2.41. The Labute approximate surface area is 120 Å². The molecule has 0 amide bonds. The maximum Gasteiger partial charge on any atom is 0.107 e. The van der Waals surface area contributed by atoms with Gasteiger partial charge in [-0.1, -0.05) is 34.6 Å². The van der Waals surface area contributed by atoms with E-state index in [2.05, 4.69) is 69.9 Å². The maximum atomic E-state index is 2.41. The fourth-order valence-corrected chi connectivity index (χ4v) is 8.58. The van der Waals surface area contributed by atoms with Gasteiger partial charge in [0.2, 0.25) is 0 Å². The Kier molecular flexibility index (Phi) is 4.14. The van der Waals surface area contributed by atoms with Crippen LogP contribution in [0.25, 0.3) is 0 Å². The van der Waals surface area contributed by atoms with Gasteiger partial charge in [-0.25, -0.2) is 0 Å². The number of rotatable bonds is 3. The minimum atomic E-state index is 0.487. The standard InChI is InChI=1S/C14H26S3/c1-11(2)13-8-15-14(16-9-13,17-10-13)7-6-12(3,4)5/h11H,6-10H2,1-5H3. The van der Waals surface area contributed by atoms with Crippen LogP contribution in [0.5, 0.6) is 0 Å². The molecule has 17 heavy (non-hydrogen) atoms. The van der Waals surface area contributed by atoms with Gasteiger partial charge in [-0.2, -0.15) is 0 Å². The van der Waals surface area contributed by atoms with Gasteiger partial charge in [-0.3, -0.25) is 0 Å². The molecule has 3 rings (SSSR count). The molecule has 3 aliphatic heterocycles. The molecule has 0 N–H and O–H groups in total. The Balaban J connectivity index is 1.95. The molecule has 3 heterocycles. The largest absolute Gasteiger partial charge is 0.133 e. The zero-order chi connectivity index (χ0) is 12.7. The minimum Gasteiger partial charge on any atom is -0.133 e. The van der Waals surface area contributed by atoms with E-state index in [0.29, 0.717) is 14.2 Å². The quantitative estimate of drug-likeness (QED) is 0.689. The summed E-state index contributed by atoms with van der Waals surface area (Å²) in [6, 6.07) is 0. The van der Waals surface area contributed by atoms with Crippen LogP contribution in [0.15, 0.2) is 0 Å². The second-order valence-corrected chi connectivity index (χ2v) is 11.7. The van der Waals surface area contributed by atoms with Crippen LogP contribution < -0.4 is 0 Å². The fraction of sp³-hybridized carbons (Fsp3) is 1.00. The van der Waals surface area contributed by atoms with E-state index in [1.54, 1.807) is 0 Å². The fourth-order valence-electron chi connectivity index (χ4n) is 2.26. The van der Waals surface area contributed by atoms with Crippen LogP contribution >= 0.6 is 35.3 Å². The van der Waals surface area contributed by atoms with Crippen molar-refractivity contribution in [1.82, 2.24) is 0 Å². The van der Waals surface area contributed by atoms with Crippen molar-refractivity contribution >= 4 is 35.3 Å². The van der Waals surface area contributed by atoms with Crippen molar-refractivity contribution in [3.05, 3.63) is 0 Å². The van der Waals surface area contributed by atoms with Gasteiger partial charge in [0.1, 0.15) is 3.41 Å². The van der Waals surface area contributed by atoms with Gasteiger partial charge in [0.15, 0.2) is 0 Å². The second kappa shape index (κ2) is 4.86. The molecular weight excluding hydrogens is 264 g/mol. The highest BCUT2D eigenvalue weighted by Crippen LogP contribution is 2.65. The van der Waals surface area contributed by atoms with E-state index in [1.807, 2.05) is 0 Å². The van der Waals surface area contributed by atoms with Gasteiger partial charge in [0, 0.05) is 17.3 Å². The summed E-state index contributed by atoms with van der Waals surface area (Å²) in [4.78, 5) is 0. The molecule has 0 atom stereocenters. The molecule has 3 aliphatic rings. The molecule has 0 unspecified atom stereocenters. The summed E-state index contributed by atoms with van der Waals surface area (Å²) in [6.07, 6.45) is 2.74. The summed E-state index contributed by atoms with van der Waals surface area (Å²) in [7, 11) is 0. The van der Waals surface area contributed by atoms with E-state index in [9.17, 15) is 0 Å². The first-order valence-corrected chi connectivity index (χ1v) is 9.65. The molecule has 0 nitrogen and oxygen atoms in total. The van der Waals surface area contributed by atoms with Gasteiger partial charge in [-0.05, 0) is 29.6 Å². The summed E-state index contributed by atoms with van der Waals surface area (Å²) in [6.45, 7) is 11.9. The first-order valence-electron chi connectivity index (χ1n) is 6.69. The SMILES string of the molecule is CC(C)C12CSC(CCC(C)(C)C)(SC1)SC2. The third-order valence-corrected chi connectivity index (χ3v) is 10.4. The van der Waals surface area contributed by atoms with Crippen LogP contribution in [-0.4, -0.2) is 20.7 Å². The number of thioether (sulfide) groups is 3. The molecule has 0 aliphatic carbocycles. The Hall–Kier alpha value is 1.05. The Morgan fingerprint density at radius 3 is 1.82 bits per heavy atom. The smallest absolute Gasteiger partial charge is 0.107 e. The van der Waals surface area contributed by atoms with Gasteiger partial charge in [0.05, 0.1) is 0 Å². The van der Waals surface area contributed by atoms with Gasteiger partial charge in [0.25, 0.3) is 0 Å². The van der Waals surface area contributed by atoms with Crippen LogP contribution in [-0.2, 0) is 0 Å². The van der Waals surface area contributed by atoms with E-state index < -0.39 is 0 Å². The average Bonchev–Trinajstić information content (AvgIpc) is 2.28. The van der Waals surface area contributed by atoms with Crippen molar-refractivity contribution in [3.63, 3.8) is 0 Å². The first-order chi connectivity index (χ1) is 7.77. The lowest BCUT2D eigenvalue weighted by Gasteiger charge is -2.54. The van der Waals surface area contributed by atoms with Crippen LogP contribution in [0.4, 0.5) is 0 Å². The van der Waals surface area contributed by atoms with Crippen LogP contribution in [0.2, 0.25) is 0 Å². The third-order valence-electron chi connectivity index (χ3n) is 4.14. The van der Waals surface area contributed by atoms with Gasteiger partial charge in [-0.15, -0.1) is 35.3 Å². The highest BCUT2D eigenvalue weighted by Gasteiger charge is 2.51. The molecule has 0 spiro atoms. The Morgan fingerprint density at radius 1 is 1.00 bits per heavy atom. The summed E-state index contributed by atoms with van der Waals surface area (Å²) in [5.74, 6) is 5.04. The lowest BCUT2D eigenvalue weighted by Crippen LogP contribution is -2.48. The lowest BCUT2D eigenvalue weighted by molar-refractivity contribution is 0.298. The lowest BCUT2D eigenvalue weighted by atomic mass is 9.82. The molecule has 3 saturated heterocycles. The Morgan fingerprint density at radius 2 is 1.47 bits per heavy atom. The topological polar surface area (TPSA) is 0 Å². The van der Waals surface area contributed by atoms with Crippen molar-refractivity contribution in [2.24, 2.45) is 16.7 Å². The van der Waals surface area contributed by atoms with E-state index in [-0.39, 0.29) is 0 Å². The van der Waals surface area contributed by atoms with Crippen LogP contribution in [0.1, 0.15) is 47.5 Å². The zero-order valence-electron chi connectivity index (χ0n) is 11.8. The first kappa shape index (κ1) is 14.5. The summed E-state index contributed by atoms with van der Waals surface area (Å²) in [5.41, 5.74) is 1.12. The van der Waals surface area contributed by atoms with Gasteiger partial charge >= 0.3 is 0 Å². The van der Waals surface area contributed by atoms with E-state index in [4.69, 9.17) is 0 Å². The number of hydrogen-bond acceptors (Lipinski definition) is 3. The van der Waals surface area contributed by atoms with Crippen molar-refractivity contribution < 1.29 is 0 Å². The van der Waals surface area contributed by atoms with Crippen molar-refractivity contribution in [2.75, 3.05) is 17.3 Å². The van der Waals surface area contributed by atoms with E-state index in [0.717, 1.165) is 5.92 Å². The highest BCUT2D eigenvalue weighted by molar-refractivity contribution is 8.34. The second-order valence-electron chi connectivity index (χ2n) is 7.13. The minimum absolute atomic E-state index is 0.487. The van der Waals surface area contributed by atoms with E-state index in [1.165, 1.54) is 30.1 Å². The molecule has 3 heteroatoms. The van der Waals surface area contributed by atoms with Crippen LogP contribution in [0.3, 0.4) is 0 Å². The molecule has 100 valence electrons. The monoisotopic (exact) mass is 290 g/mol. The third kappa shape index (κ3) is 3.14. The number of fused-ring (bicyclic) bond motifs is 3. The van der Waals surface area contributed by atoms with Crippen molar-refractivity contribution in [1.29, 1.82) is 0 Å². The molecule has 0 aromatic carbocycles. The summed E-state index contributed by atoms with van der Waals surface area (Å²) < 4.78 is 0.504. The molecule has 0 radical (unpaired) electrons. The van der Waals surface area contributed by atoms with E-state index >= 15 is 0 Å². The zero-order valence-corrected chi connectivity index (χ0v) is 14.3. The van der Waals surface area contributed by atoms with Gasteiger partial charge < -0.3 is 0 Å². The summed E-state index contributed by atoms with van der Waals surface area (Å²) >= 11 is 6.76.